The van der Waals surface area contributed by atoms with E-state index in [0.717, 1.165) is 11.1 Å². The molecule has 1 N–H and O–H groups in total. The van der Waals surface area contributed by atoms with E-state index in [1.165, 1.54) is 5.57 Å². The Balaban J connectivity index is 2.03. The highest BCUT2D eigenvalue weighted by molar-refractivity contribution is 5.94. The number of amides is 1. The molecule has 27 heavy (non-hydrogen) atoms. The summed E-state index contributed by atoms with van der Waals surface area (Å²) in [6, 6.07) is 13.3. The second-order valence-corrected chi connectivity index (χ2v) is 7.64. The molecule has 0 bridgehead atoms. The normalized spacial score (nSPS) is 11.9. The molecule has 0 aromatic heterocycles. The van der Waals surface area contributed by atoms with Gasteiger partial charge in [0.05, 0.1) is 14.2 Å². The first-order valence-electron chi connectivity index (χ1n) is 9.02. The van der Waals surface area contributed by atoms with E-state index < -0.39 is 0 Å². The molecule has 4 nitrogen and oxygen atoms in total. The third-order valence-electron chi connectivity index (χ3n) is 4.15. The van der Waals surface area contributed by atoms with E-state index in [9.17, 15) is 4.79 Å². The predicted octanol–water partition coefficient (Wildman–Crippen LogP) is 5.08. The Hall–Kier alpha value is -2.75. The highest BCUT2D eigenvalue weighted by atomic mass is 16.5. The van der Waals surface area contributed by atoms with Crippen molar-refractivity contribution >= 4 is 11.5 Å². The lowest BCUT2D eigenvalue weighted by Gasteiger charge is -2.14. The maximum Gasteiger partial charge on any atom is 0.251 e. The van der Waals surface area contributed by atoms with Gasteiger partial charge in [-0.3, -0.25) is 4.79 Å². The van der Waals surface area contributed by atoms with Crippen molar-refractivity contribution in [1.82, 2.24) is 5.32 Å². The van der Waals surface area contributed by atoms with Crippen LogP contribution in [0.15, 0.2) is 48.5 Å². The Morgan fingerprint density at radius 2 is 1.56 bits per heavy atom. The summed E-state index contributed by atoms with van der Waals surface area (Å²) in [6.07, 6.45) is 2.24. The first kappa shape index (κ1) is 20.6. The van der Waals surface area contributed by atoms with Gasteiger partial charge in [-0.15, -0.1) is 0 Å². The number of nitrogens with one attached hydrogen (secondary N) is 1. The van der Waals surface area contributed by atoms with Gasteiger partial charge in [0.25, 0.3) is 5.91 Å². The van der Waals surface area contributed by atoms with Gasteiger partial charge in [0, 0.05) is 12.1 Å². The van der Waals surface area contributed by atoms with E-state index in [1.807, 2.05) is 42.5 Å². The predicted molar refractivity (Wildman–Crippen MR) is 110 cm³/mol. The molecule has 2 rings (SSSR count). The topological polar surface area (TPSA) is 47.6 Å². The number of benzene rings is 2. The first-order valence-corrected chi connectivity index (χ1v) is 9.02. The van der Waals surface area contributed by atoms with Crippen molar-refractivity contribution in [2.24, 2.45) is 5.41 Å². The lowest BCUT2D eigenvalue weighted by atomic mass is 9.91. The average molecular weight is 367 g/mol. The monoisotopic (exact) mass is 367 g/mol. The van der Waals surface area contributed by atoms with Crippen molar-refractivity contribution in [3.63, 3.8) is 0 Å². The number of carbonyl (C=O) groups is 1. The molecule has 0 aliphatic rings. The lowest BCUT2D eigenvalue weighted by Crippen LogP contribution is -2.22. The van der Waals surface area contributed by atoms with E-state index in [1.54, 1.807) is 14.2 Å². The van der Waals surface area contributed by atoms with Crippen LogP contribution in [0.5, 0.6) is 11.5 Å². The molecule has 0 unspecified atom stereocenters. The van der Waals surface area contributed by atoms with Crippen LogP contribution >= 0.6 is 0 Å². The van der Waals surface area contributed by atoms with E-state index in [-0.39, 0.29) is 11.3 Å². The van der Waals surface area contributed by atoms with Crippen LogP contribution in [0.4, 0.5) is 0 Å². The molecule has 2 aromatic carbocycles. The minimum atomic E-state index is -0.103. The Morgan fingerprint density at radius 1 is 0.963 bits per heavy atom. The fraction of sp³-hybridized carbons (Fsp3) is 0.348. The minimum absolute atomic E-state index is 0.103. The zero-order chi connectivity index (χ0) is 20.0. The number of methoxy groups -OCH3 is 2. The second kappa shape index (κ2) is 8.76. The van der Waals surface area contributed by atoms with Crippen LogP contribution in [0.3, 0.4) is 0 Å². The number of ether oxygens (including phenoxy) is 2. The second-order valence-electron chi connectivity index (χ2n) is 7.64. The summed E-state index contributed by atoms with van der Waals surface area (Å²) < 4.78 is 10.5. The van der Waals surface area contributed by atoms with Gasteiger partial charge in [-0.25, -0.2) is 0 Å². The van der Waals surface area contributed by atoms with Gasteiger partial charge in [-0.2, -0.15) is 0 Å². The SMILES string of the molecule is COc1ccc(CNC(=O)c2ccc(/C(C)=C/C(C)(C)C)cc2)cc1OC. The highest BCUT2D eigenvalue weighted by Crippen LogP contribution is 2.27. The summed E-state index contributed by atoms with van der Waals surface area (Å²) >= 11 is 0. The Morgan fingerprint density at radius 3 is 2.11 bits per heavy atom. The van der Waals surface area contributed by atoms with E-state index >= 15 is 0 Å². The van der Waals surface area contributed by atoms with Crippen LogP contribution in [0.1, 0.15) is 49.2 Å². The third-order valence-corrected chi connectivity index (χ3v) is 4.15. The largest absolute Gasteiger partial charge is 0.493 e. The fourth-order valence-corrected chi connectivity index (χ4v) is 2.89. The zero-order valence-corrected chi connectivity index (χ0v) is 17.1. The van der Waals surface area contributed by atoms with Gasteiger partial charge < -0.3 is 14.8 Å². The molecular formula is C23H29NO3. The molecule has 4 heteroatoms. The molecular weight excluding hydrogens is 338 g/mol. The quantitative estimate of drug-likeness (QED) is 0.774. The Kier molecular flexibility index (Phi) is 6.67. The fourth-order valence-electron chi connectivity index (χ4n) is 2.89. The summed E-state index contributed by atoms with van der Waals surface area (Å²) in [5, 5.41) is 2.94. The number of hydrogen-bond acceptors (Lipinski definition) is 3. The number of rotatable bonds is 6. The van der Waals surface area contributed by atoms with Gasteiger partial charge in [0.1, 0.15) is 0 Å². The molecule has 0 aliphatic heterocycles. The van der Waals surface area contributed by atoms with Gasteiger partial charge >= 0.3 is 0 Å². The molecule has 1 amide bonds. The standard InChI is InChI=1S/C23H29NO3/c1-16(14-23(2,3)4)18-8-10-19(11-9-18)22(25)24-15-17-7-12-20(26-5)21(13-17)27-6/h7-14H,15H2,1-6H3,(H,24,25)/b16-14+. The molecule has 0 aliphatic carbocycles. The summed E-state index contributed by atoms with van der Waals surface area (Å²) in [6.45, 7) is 9.03. The molecule has 0 saturated heterocycles. The number of hydrogen-bond donors (Lipinski definition) is 1. The van der Waals surface area contributed by atoms with E-state index in [2.05, 4.69) is 39.1 Å². The van der Waals surface area contributed by atoms with Gasteiger partial charge in [-0.05, 0) is 53.3 Å². The van der Waals surface area contributed by atoms with Crippen LogP contribution in [0.2, 0.25) is 0 Å². The molecule has 0 saturated carbocycles. The molecule has 0 spiro atoms. The van der Waals surface area contributed by atoms with Crippen molar-refractivity contribution in [2.75, 3.05) is 14.2 Å². The maximum absolute atomic E-state index is 12.4. The molecule has 0 radical (unpaired) electrons. The highest BCUT2D eigenvalue weighted by Gasteiger charge is 2.10. The number of allylic oxidation sites excluding steroid dienone is 2. The summed E-state index contributed by atoms with van der Waals surface area (Å²) in [5.41, 5.74) is 4.05. The molecule has 0 fully saturated rings. The van der Waals surface area contributed by atoms with Crippen molar-refractivity contribution < 1.29 is 14.3 Å². The molecule has 144 valence electrons. The lowest BCUT2D eigenvalue weighted by molar-refractivity contribution is 0.0951. The molecule has 0 atom stereocenters. The summed E-state index contributed by atoms with van der Waals surface area (Å²) in [4.78, 5) is 12.4. The third kappa shape index (κ3) is 5.88. The van der Waals surface area contributed by atoms with Crippen LogP contribution in [0, 0.1) is 5.41 Å². The van der Waals surface area contributed by atoms with Crippen molar-refractivity contribution in [3.8, 4) is 11.5 Å². The summed E-state index contributed by atoms with van der Waals surface area (Å²) in [7, 11) is 3.19. The van der Waals surface area contributed by atoms with Crippen LogP contribution in [0.25, 0.3) is 5.57 Å². The maximum atomic E-state index is 12.4. The Bertz CT molecular complexity index is 815. The van der Waals surface area contributed by atoms with E-state index in [4.69, 9.17) is 9.47 Å². The van der Waals surface area contributed by atoms with Crippen molar-refractivity contribution in [2.45, 2.75) is 34.2 Å². The Labute approximate surface area is 162 Å². The van der Waals surface area contributed by atoms with Gasteiger partial charge in [0.15, 0.2) is 11.5 Å². The van der Waals surface area contributed by atoms with Crippen molar-refractivity contribution in [1.29, 1.82) is 0 Å². The smallest absolute Gasteiger partial charge is 0.251 e. The summed E-state index contributed by atoms with van der Waals surface area (Å²) in [5.74, 6) is 1.21. The van der Waals surface area contributed by atoms with Crippen LogP contribution in [-0.4, -0.2) is 20.1 Å². The average Bonchev–Trinajstić information content (AvgIpc) is 2.64. The first-order chi connectivity index (χ1) is 12.7. The van der Waals surface area contributed by atoms with Gasteiger partial charge in [0.2, 0.25) is 0 Å². The number of carbonyl (C=O) groups excluding carboxylic acids is 1. The minimum Gasteiger partial charge on any atom is -0.493 e. The van der Waals surface area contributed by atoms with Crippen LogP contribution in [-0.2, 0) is 6.54 Å². The molecule has 0 heterocycles. The molecule has 2 aromatic rings. The van der Waals surface area contributed by atoms with Crippen molar-refractivity contribution in [3.05, 3.63) is 65.2 Å². The van der Waals surface area contributed by atoms with E-state index in [0.29, 0.717) is 23.6 Å². The zero-order valence-electron chi connectivity index (χ0n) is 17.1. The van der Waals surface area contributed by atoms with Gasteiger partial charge in [-0.1, -0.05) is 45.0 Å². The van der Waals surface area contributed by atoms with Crippen LogP contribution < -0.4 is 14.8 Å².